The smallest absolute Gasteiger partial charge is 0.245 e. The minimum absolute atomic E-state index is 0.0198. The minimum Gasteiger partial charge on any atom is -0.372 e. The van der Waals surface area contributed by atoms with Gasteiger partial charge in [0.2, 0.25) is 5.91 Å². The van der Waals surface area contributed by atoms with Crippen LogP contribution in [0.2, 0.25) is 0 Å². The van der Waals surface area contributed by atoms with Crippen LogP contribution in [-0.2, 0) is 9.53 Å². The van der Waals surface area contributed by atoms with E-state index in [1.54, 1.807) is 0 Å². The highest BCUT2D eigenvalue weighted by atomic mass is 16.5. The molecule has 0 aromatic carbocycles. The average molecular weight is 242 g/mol. The fraction of sp³-hybridized carbons (Fsp3) is 0.923. The number of hydrogen-bond acceptors (Lipinski definition) is 3. The van der Waals surface area contributed by atoms with Crippen molar-refractivity contribution in [2.24, 2.45) is 5.92 Å². The normalized spacial score (nSPS) is 18.2. The summed E-state index contributed by atoms with van der Waals surface area (Å²) in [6, 6.07) is 0. The number of carbonyl (C=O) groups is 1. The molecule has 1 N–H and O–H groups in total. The van der Waals surface area contributed by atoms with Gasteiger partial charge in [0, 0.05) is 13.2 Å². The van der Waals surface area contributed by atoms with Crippen molar-refractivity contribution in [3.8, 4) is 0 Å². The molecule has 0 radical (unpaired) electrons. The van der Waals surface area contributed by atoms with Crippen LogP contribution in [0.5, 0.6) is 0 Å². The quantitative estimate of drug-likeness (QED) is 0.683. The topological polar surface area (TPSA) is 41.6 Å². The van der Waals surface area contributed by atoms with Gasteiger partial charge in [-0.1, -0.05) is 6.92 Å². The number of amides is 1. The molecule has 0 atom stereocenters. The molecule has 0 bridgehead atoms. The summed E-state index contributed by atoms with van der Waals surface area (Å²) < 4.78 is 5.18. The van der Waals surface area contributed by atoms with Crippen LogP contribution in [0.15, 0.2) is 0 Å². The van der Waals surface area contributed by atoms with Gasteiger partial charge < -0.3 is 15.0 Å². The monoisotopic (exact) mass is 242 g/mol. The first-order valence-corrected chi connectivity index (χ1v) is 6.75. The highest BCUT2D eigenvalue weighted by Gasteiger charge is 2.16. The Morgan fingerprint density at radius 1 is 1.41 bits per heavy atom. The number of nitrogens with zero attached hydrogens (tertiary/aromatic N) is 1. The number of rotatable bonds is 7. The Kier molecular flexibility index (Phi) is 7.21. The van der Waals surface area contributed by atoms with Crippen LogP contribution >= 0.6 is 0 Å². The van der Waals surface area contributed by atoms with E-state index in [2.05, 4.69) is 17.3 Å². The summed E-state index contributed by atoms with van der Waals surface area (Å²) in [7, 11) is 2.17. The van der Waals surface area contributed by atoms with E-state index in [0.717, 1.165) is 25.3 Å². The molecule has 17 heavy (non-hydrogen) atoms. The maximum Gasteiger partial charge on any atom is 0.245 e. The Labute approximate surface area is 105 Å². The van der Waals surface area contributed by atoms with Gasteiger partial charge in [-0.3, -0.25) is 4.79 Å². The van der Waals surface area contributed by atoms with E-state index in [1.165, 1.54) is 25.9 Å². The number of carbonyl (C=O) groups excluding carboxylic acids is 1. The Morgan fingerprint density at radius 3 is 2.76 bits per heavy atom. The molecule has 1 heterocycles. The molecule has 1 aliphatic heterocycles. The summed E-state index contributed by atoms with van der Waals surface area (Å²) in [4.78, 5) is 13.7. The SMILES string of the molecule is CCCOCC(=O)NCCC1CCN(C)CC1. The second kappa shape index (κ2) is 8.48. The summed E-state index contributed by atoms with van der Waals surface area (Å²) >= 11 is 0. The highest BCUT2D eigenvalue weighted by molar-refractivity contribution is 5.77. The fourth-order valence-electron chi connectivity index (χ4n) is 2.13. The van der Waals surface area contributed by atoms with Crippen molar-refractivity contribution in [2.75, 3.05) is 39.9 Å². The lowest BCUT2D eigenvalue weighted by Gasteiger charge is -2.28. The fourth-order valence-corrected chi connectivity index (χ4v) is 2.13. The standard InChI is InChI=1S/C13H26N2O2/c1-3-10-17-11-13(16)14-7-4-12-5-8-15(2)9-6-12/h12H,3-11H2,1-2H3,(H,14,16). The first kappa shape index (κ1) is 14.5. The molecule has 100 valence electrons. The van der Waals surface area contributed by atoms with Gasteiger partial charge in [0.25, 0.3) is 0 Å². The van der Waals surface area contributed by atoms with Crippen LogP contribution < -0.4 is 5.32 Å². The number of ether oxygens (including phenoxy) is 1. The van der Waals surface area contributed by atoms with Crippen LogP contribution in [0.1, 0.15) is 32.6 Å². The number of hydrogen-bond donors (Lipinski definition) is 1. The molecule has 1 rings (SSSR count). The zero-order valence-corrected chi connectivity index (χ0v) is 11.2. The van der Waals surface area contributed by atoms with Crippen LogP contribution in [-0.4, -0.2) is 50.7 Å². The lowest BCUT2D eigenvalue weighted by molar-refractivity contribution is -0.125. The van der Waals surface area contributed by atoms with Gasteiger partial charge in [0.1, 0.15) is 6.61 Å². The van der Waals surface area contributed by atoms with E-state index in [4.69, 9.17) is 4.74 Å². The Bertz CT molecular complexity index is 213. The number of nitrogens with one attached hydrogen (secondary N) is 1. The molecule has 0 aliphatic carbocycles. The minimum atomic E-state index is 0.0198. The predicted molar refractivity (Wildman–Crippen MR) is 69.0 cm³/mol. The number of piperidine rings is 1. The second-order valence-electron chi connectivity index (χ2n) is 4.94. The Balaban J connectivity index is 1.97. The molecule has 0 saturated carbocycles. The second-order valence-corrected chi connectivity index (χ2v) is 4.94. The molecule has 4 heteroatoms. The summed E-state index contributed by atoms with van der Waals surface area (Å²) in [5.74, 6) is 0.800. The molecule has 1 saturated heterocycles. The lowest BCUT2D eigenvalue weighted by atomic mass is 9.94. The Hall–Kier alpha value is -0.610. The molecule has 0 aromatic rings. The maximum atomic E-state index is 11.4. The van der Waals surface area contributed by atoms with Crippen molar-refractivity contribution in [1.82, 2.24) is 10.2 Å². The molecule has 0 spiro atoms. The average Bonchev–Trinajstić information content (AvgIpc) is 2.32. The third kappa shape index (κ3) is 6.64. The molecule has 0 unspecified atom stereocenters. The van der Waals surface area contributed by atoms with Crippen LogP contribution in [0.4, 0.5) is 0 Å². The zero-order chi connectivity index (χ0) is 12.5. The molecular formula is C13H26N2O2. The largest absolute Gasteiger partial charge is 0.372 e. The van der Waals surface area contributed by atoms with Gasteiger partial charge in [-0.25, -0.2) is 0 Å². The summed E-state index contributed by atoms with van der Waals surface area (Å²) in [5.41, 5.74) is 0. The summed E-state index contributed by atoms with van der Waals surface area (Å²) in [6.07, 6.45) is 4.59. The van der Waals surface area contributed by atoms with E-state index < -0.39 is 0 Å². The van der Waals surface area contributed by atoms with Crippen molar-refractivity contribution < 1.29 is 9.53 Å². The molecular weight excluding hydrogens is 216 g/mol. The van der Waals surface area contributed by atoms with E-state index >= 15 is 0 Å². The predicted octanol–water partition coefficient (Wildman–Crippen LogP) is 1.26. The van der Waals surface area contributed by atoms with Crippen molar-refractivity contribution in [2.45, 2.75) is 32.6 Å². The van der Waals surface area contributed by atoms with E-state index in [-0.39, 0.29) is 12.5 Å². The van der Waals surface area contributed by atoms with Crippen molar-refractivity contribution in [1.29, 1.82) is 0 Å². The van der Waals surface area contributed by atoms with Crippen molar-refractivity contribution in [3.05, 3.63) is 0 Å². The molecule has 1 aliphatic rings. The van der Waals surface area contributed by atoms with E-state index in [1.807, 2.05) is 6.92 Å². The lowest BCUT2D eigenvalue weighted by Crippen LogP contribution is -2.33. The molecule has 1 fully saturated rings. The van der Waals surface area contributed by atoms with Crippen molar-refractivity contribution >= 4 is 5.91 Å². The third-order valence-electron chi connectivity index (χ3n) is 3.29. The summed E-state index contributed by atoms with van der Waals surface area (Å²) in [5, 5.41) is 2.92. The molecule has 0 aromatic heterocycles. The van der Waals surface area contributed by atoms with Gasteiger partial charge >= 0.3 is 0 Å². The van der Waals surface area contributed by atoms with Gasteiger partial charge in [-0.05, 0) is 51.7 Å². The van der Waals surface area contributed by atoms with E-state index in [9.17, 15) is 4.79 Å². The van der Waals surface area contributed by atoms with Crippen LogP contribution in [0.3, 0.4) is 0 Å². The van der Waals surface area contributed by atoms with Crippen LogP contribution in [0, 0.1) is 5.92 Å². The van der Waals surface area contributed by atoms with Gasteiger partial charge in [0.05, 0.1) is 0 Å². The van der Waals surface area contributed by atoms with E-state index in [0.29, 0.717) is 6.61 Å². The van der Waals surface area contributed by atoms with Gasteiger partial charge in [-0.15, -0.1) is 0 Å². The van der Waals surface area contributed by atoms with Crippen LogP contribution in [0.25, 0.3) is 0 Å². The first-order valence-electron chi connectivity index (χ1n) is 6.75. The first-order chi connectivity index (χ1) is 8.22. The maximum absolute atomic E-state index is 11.4. The summed E-state index contributed by atoms with van der Waals surface area (Å²) in [6.45, 7) is 6.10. The Morgan fingerprint density at radius 2 is 2.12 bits per heavy atom. The van der Waals surface area contributed by atoms with Crippen molar-refractivity contribution in [3.63, 3.8) is 0 Å². The third-order valence-corrected chi connectivity index (χ3v) is 3.29. The van der Waals surface area contributed by atoms with Gasteiger partial charge in [-0.2, -0.15) is 0 Å². The number of likely N-dealkylation sites (tertiary alicyclic amines) is 1. The zero-order valence-electron chi connectivity index (χ0n) is 11.2. The van der Waals surface area contributed by atoms with Gasteiger partial charge in [0.15, 0.2) is 0 Å². The molecule has 4 nitrogen and oxygen atoms in total. The highest BCUT2D eigenvalue weighted by Crippen LogP contribution is 2.18. The molecule has 1 amide bonds.